The van der Waals surface area contributed by atoms with Crippen LogP contribution in [0.1, 0.15) is 22.8 Å². The number of carbonyl (C=O) groups is 2. The van der Waals surface area contributed by atoms with Gasteiger partial charge in [0.2, 0.25) is 0 Å². The number of aryl methyl sites for hydroxylation is 1. The normalized spacial score (nSPS) is 11.8. The van der Waals surface area contributed by atoms with Gasteiger partial charge in [-0.05, 0) is 49.7 Å². The lowest BCUT2D eigenvalue weighted by atomic mass is 10.1. The largest absolute Gasteiger partial charge is 0.496 e. The summed E-state index contributed by atoms with van der Waals surface area (Å²) < 4.78 is 10.4. The number of benzene rings is 2. The van der Waals surface area contributed by atoms with Crippen molar-refractivity contribution in [3.63, 3.8) is 0 Å². The smallest absolute Gasteiger partial charge is 0.339 e. The molecule has 0 fully saturated rings. The standard InChI is InChI=1S/C19H19N3O5/c1-10-4-5-12(8-16(10)26-3)18(24)27-11(2)17(23)20-13-6-7-14-15(9-13)22-19(25)21-14/h4-9,11H,1-3H3,(H,20,23)(H2,21,22,25)/t11-/m1/s1. The molecular weight excluding hydrogens is 350 g/mol. The van der Waals surface area contributed by atoms with E-state index in [4.69, 9.17) is 9.47 Å². The van der Waals surface area contributed by atoms with Gasteiger partial charge in [-0.15, -0.1) is 0 Å². The fraction of sp³-hybridized carbons (Fsp3) is 0.211. The zero-order chi connectivity index (χ0) is 19.6. The van der Waals surface area contributed by atoms with Crippen molar-refractivity contribution in [3.8, 4) is 5.75 Å². The molecule has 0 unspecified atom stereocenters. The monoisotopic (exact) mass is 369 g/mol. The number of imidazole rings is 1. The predicted octanol–water partition coefficient (Wildman–Crippen LogP) is 2.36. The first kappa shape index (κ1) is 18.2. The van der Waals surface area contributed by atoms with E-state index >= 15 is 0 Å². The van der Waals surface area contributed by atoms with Crippen LogP contribution in [0.3, 0.4) is 0 Å². The van der Waals surface area contributed by atoms with Crippen molar-refractivity contribution in [2.24, 2.45) is 0 Å². The molecule has 0 bridgehead atoms. The Balaban J connectivity index is 1.67. The number of aromatic amines is 2. The van der Waals surface area contributed by atoms with Gasteiger partial charge in [0.25, 0.3) is 5.91 Å². The molecule has 0 spiro atoms. The van der Waals surface area contributed by atoms with E-state index in [-0.39, 0.29) is 5.69 Å². The van der Waals surface area contributed by atoms with E-state index in [0.29, 0.717) is 28.0 Å². The summed E-state index contributed by atoms with van der Waals surface area (Å²) in [7, 11) is 1.52. The Morgan fingerprint density at radius 1 is 1.07 bits per heavy atom. The zero-order valence-electron chi connectivity index (χ0n) is 15.1. The number of aromatic nitrogens is 2. The molecule has 0 aliphatic heterocycles. The molecule has 8 heteroatoms. The number of carbonyl (C=O) groups excluding carboxylic acids is 2. The first-order valence-electron chi connectivity index (χ1n) is 8.26. The van der Waals surface area contributed by atoms with Crippen LogP contribution in [0.5, 0.6) is 5.75 Å². The molecule has 1 heterocycles. The van der Waals surface area contributed by atoms with E-state index in [9.17, 15) is 14.4 Å². The van der Waals surface area contributed by atoms with Crippen molar-refractivity contribution in [2.75, 3.05) is 12.4 Å². The Labute approximate surface area is 154 Å². The van der Waals surface area contributed by atoms with Gasteiger partial charge in [-0.2, -0.15) is 0 Å². The topological polar surface area (TPSA) is 113 Å². The predicted molar refractivity (Wildman–Crippen MR) is 100 cm³/mol. The van der Waals surface area contributed by atoms with Crippen molar-refractivity contribution in [1.82, 2.24) is 9.97 Å². The van der Waals surface area contributed by atoms with Crippen LogP contribution in [0, 0.1) is 6.92 Å². The average Bonchev–Trinajstić information content (AvgIpc) is 3.01. The maximum atomic E-state index is 12.3. The summed E-state index contributed by atoms with van der Waals surface area (Å²) in [5.41, 5.74) is 2.52. The SMILES string of the molecule is COc1cc(C(=O)O[C@H](C)C(=O)Nc2ccc3[nH]c(=O)[nH]c3c2)ccc1C. The van der Waals surface area contributed by atoms with Crippen LogP contribution in [0.15, 0.2) is 41.2 Å². The minimum atomic E-state index is -1.01. The van der Waals surface area contributed by atoms with Crippen LogP contribution in [-0.2, 0) is 9.53 Å². The van der Waals surface area contributed by atoms with Crippen molar-refractivity contribution >= 4 is 28.6 Å². The minimum Gasteiger partial charge on any atom is -0.496 e. The van der Waals surface area contributed by atoms with Crippen LogP contribution in [-0.4, -0.2) is 35.1 Å². The first-order valence-corrected chi connectivity index (χ1v) is 8.26. The number of esters is 1. The van der Waals surface area contributed by atoms with Gasteiger partial charge in [-0.25, -0.2) is 9.59 Å². The Bertz CT molecular complexity index is 1070. The van der Waals surface area contributed by atoms with E-state index in [1.807, 2.05) is 6.92 Å². The summed E-state index contributed by atoms with van der Waals surface area (Å²) in [6.07, 6.45) is -1.01. The van der Waals surface area contributed by atoms with Crippen LogP contribution in [0.4, 0.5) is 5.69 Å². The van der Waals surface area contributed by atoms with Gasteiger partial charge in [0.1, 0.15) is 5.75 Å². The molecule has 0 aliphatic carbocycles. The van der Waals surface area contributed by atoms with Crippen LogP contribution in [0.2, 0.25) is 0 Å². The summed E-state index contributed by atoms with van der Waals surface area (Å²) >= 11 is 0. The molecule has 1 aromatic heterocycles. The Morgan fingerprint density at radius 3 is 2.56 bits per heavy atom. The second-order valence-electron chi connectivity index (χ2n) is 6.06. The highest BCUT2D eigenvalue weighted by Crippen LogP contribution is 2.20. The summed E-state index contributed by atoms with van der Waals surface area (Å²) in [5.74, 6) is -0.545. The summed E-state index contributed by atoms with van der Waals surface area (Å²) in [6.45, 7) is 3.34. The zero-order valence-corrected chi connectivity index (χ0v) is 15.1. The van der Waals surface area contributed by atoms with Gasteiger partial charge in [-0.3, -0.25) is 4.79 Å². The number of ether oxygens (including phenoxy) is 2. The van der Waals surface area contributed by atoms with Gasteiger partial charge in [0.05, 0.1) is 23.7 Å². The number of H-pyrrole nitrogens is 2. The molecule has 3 rings (SSSR count). The molecule has 0 radical (unpaired) electrons. The van der Waals surface area contributed by atoms with E-state index < -0.39 is 18.0 Å². The van der Waals surface area contributed by atoms with E-state index in [1.165, 1.54) is 14.0 Å². The number of nitrogens with one attached hydrogen (secondary N) is 3. The molecule has 3 aromatic rings. The van der Waals surface area contributed by atoms with Gasteiger partial charge >= 0.3 is 11.7 Å². The minimum absolute atomic E-state index is 0.295. The molecule has 3 N–H and O–H groups in total. The van der Waals surface area contributed by atoms with Crippen LogP contribution >= 0.6 is 0 Å². The van der Waals surface area contributed by atoms with E-state index in [0.717, 1.165) is 5.56 Å². The molecule has 27 heavy (non-hydrogen) atoms. The molecule has 0 saturated heterocycles. The second-order valence-corrected chi connectivity index (χ2v) is 6.06. The lowest BCUT2D eigenvalue weighted by molar-refractivity contribution is -0.123. The van der Waals surface area contributed by atoms with Crippen molar-refractivity contribution in [2.45, 2.75) is 20.0 Å². The van der Waals surface area contributed by atoms with Crippen LogP contribution in [0.25, 0.3) is 11.0 Å². The molecular formula is C19H19N3O5. The quantitative estimate of drug-likeness (QED) is 0.598. The number of hydrogen-bond donors (Lipinski definition) is 3. The molecule has 0 aliphatic rings. The number of anilines is 1. The molecule has 8 nitrogen and oxygen atoms in total. The highest BCUT2D eigenvalue weighted by atomic mass is 16.5. The highest BCUT2D eigenvalue weighted by Gasteiger charge is 2.20. The lowest BCUT2D eigenvalue weighted by Gasteiger charge is -2.14. The Kier molecular flexibility index (Phi) is 4.98. The van der Waals surface area contributed by atoms with Gasteiger partial charge in [0.15, 0.2) is 6.10 Å². The number of methoxy groups -OCH3 is 1. The maximum Gasteiger partial charge on any atom is 0.339 e. The number of hydrogen-bond acceptors (Lipinski definition) is 5. The number of fused-ring (bicyclic) bond motifs is 1. The lowest BCUT2D eigenvalue weighted by Crippen LogP contribution is -2.30. The summed E-state index contributed by atoms with van der Waals surface area (Å²) in [6, 6.07) is 9.85. The summed E-state index contributed by atoms with van der Waals surface area (Å²) in [4.78, 5) is 41.1. The second kappa shape index (κ2) is 7.36. The molecule has 1 atom stereocenters. The van der Waals surface area contributed by atoms with Gasteiger partial charge in [-0.1, -0.05) is 6.07 Å². The highest BCUT2D eigenvalue weighted by molar-refractivity contribution is 5.98. The van der Waals surface area contributed by atoms with Crippen LogP contribution < -0.4 is 15.7 Å². The van der Waals surface area contributed by atoms with E-state index in [2.05, 4.69) is 15.3 Å². The van der Waals surface area contributed by atoms with Crippen molar-refractivity contribution in [3.05, 3.63) is 58.0 Å². The van der Waals surface area contributed by atoms with Gasteiger partial charge < -0.3 is 24.8 Å². The fourth-order valence-electron chi connectivity index (χ4n) is 2.58. The van der Waals surface area contributed by atoms with Gasteiger partial charge in [0, 0.05) is 5.69 Å². The number of rotatable bonds is 5. The average molecular weight is 369 g/mol. The van der Waals surface area contributed by atoms with Crippen molar-refractivity contribution < 1.29 is 19.1 Å². The maximum absolute atomic E-state index is 12.3. The molecule has 140 valence electrons. The third kappa shape index (κ3) is 4.00. The summed E-state index contributed by atoms with van der Waals surface area (Å²) in [5, 5.41) is 2.65. The fourth-order valence-corrected chi connectivity index (χ4v) is 2.58. The number of amides is 1. The first-order chi connectivity index (χ1) is 12.9. The Morgan fingerprint density at radius 2 is 1.81 bits per heavy atom. The molecule has 0 saturated carbocycles. The van der Waals surface area contributed by atoms with Crippen molar-refractivity contribution in [1.29, 1.82) is 0 Å². The molecule has 2 aromatic carbocycles. The third-order valence-electron chi connectivity index (χ3n) is 4.08. The van der Waals surface area contributed by atoms with E-state index in [1.54, 1.807) is 36.4 Å². The third-order valence-corrected chi connectivity index (χ3v) is 4.08. The molecule has 1 amide bonds. The Hall–Kier alpha value is -3.55.